The number of pyridine rings is 1. The van der Waals surface area contributed by atoms with Crippen LogP contribution in [0.15, 0.2) is 24.5 Å². The van der Waals surface area contributed by atoms with E-state index in [1.54, 1.807) is 6.20 Å². The van der Waals surface area contributed by atoms with Gasteiger partial charge in [0.1, 0.15) is 0 Å². The van der Waals surface area contributed by atoms with E-state index in [2.05, 4.69) is 9.88 Å². The molecule has 3 rings (SSSR count). The number of amides is 1. The van der Waals surface area contributed by atoms with E-state index in [-0.39, 0.29) is 18.4 Å². The summed E-state index contributed by atoms with van der Waals surface area (Å²) in [6.45, 7) is 5.19. The maximum absolute atomic E-state index is 12.6. The van der Waals surface area contributed by atoms with Gasteiger partial charge in [-0.3, -0.25) is 9.78 Å². The zero-order valence-corrected chi connectivity index (χ0v) is 14.4. The molecule has 2 saturated heterocycles. The molecule has 1 aromatic heterocycles. The minimum Gasteiger partial charge on any atom is -0.396 e. The van der Waals surface area contributed by atoms with Gasteiger partial charge in [-0.15, -0.1) is 0 Å². The summed E-state index contributed by atoms with van der Waals surface area (Å²) >= 11 is 0. The summed E-state index contributed by atoms with van der Waals surface area (Å²) in [5.41, 5.74) is 1.11. The summed E-state index contributed by atoms with van der Waals surface area (Å²) in [7, 11) is 0. The number of likely N-dealkylation sites (tertiary alicyclic amines) is 2. The quantitative estimate of drug-likeness (QED) is 0.860. The van der Waals surface area contributed by atoms with Crippen LogP contribution in [0.4, 0.5) is 0 Å². The number of aliphatic hydroxyl groups is 1. The fourth-order valence-electron chi connectivity index (χ4n) is 4.07. The van der Waals surface area contributed by atoms with Crippen LogP contribution in [0.3, 0.4) is 0 Å². The summed E-state index contributed by atoms with van der Waals surface area (Å²) in [6.07, 6.45) is 8.48. The third kappa shape index (κ3) is 4.77. The van der Waals surface area contributed by atoms with Gasteiger partial charge < -0.3 is 14.9 Å². The van der Waals surface area contributed by atoms with Crippen LogP contribution in [0.1, 0.15) is 31.2 Å². The molecule has 5 heteroatoms. The van der Waals surface area contributed by atoms with Crippen molar-refractivity contribution >= 4 is 5.91 Å². The minimum atomic E-state index is 0.183. The molecule has 2 fully saturated rings. The fourth-order valence-corrected chi connectivity index (χ4v) is 4.07. The van der Waals surface area contributed by atoms with E-state index in [9.17, 15) is 9.90 Å². The molecule has 1 aromatic rings. The number of hydrogen-bond acceptors (Lipinski definition) is 4. The summed E-state index contributed by atoms with van der Waals surface area (Å²) < 4.78 is 0. The normalized spacial score (nSPS) is 25.1. The van der Waals surface area contributed by atoms with Gasteiger partial charge >= 0.3 is 0 Å². The first-order chi connectivity index (χ1) is 11.7. The summed E-state index contributed by atoms with van der Waals surface area (Å²) in [6, 6.07) is 3.93. The van der Waals surface area contributed by atoms with E-state index in [0.717, 1.165) is 31.5 Å². The molecular weight excluding hydrogens is 302 g/mol. The Hall–Kier alpha value is -1.46. The van der Waals surface area contributed by atoms with Crippen molar-refractivity contribution in [1.82, 2.24) is 14.8 Å². The Labute approximate surface area is 144 Å². The van der Waals surface area contributed by atoms with Crippen molar-refractivity contribution in [2.75, 3.05) is 39.3 Å². The van der Waals surface area contributed by atoms with Gasteiger partial charge in [-0.2, -0.15) is 0 Å². The Kier molecular flexibility index (Phi) is 6.21. The molecule has 0 bridgehead atoms. The molecule has 2 atom stereocenters. The summed E-state index contributed by atoms with van der Waals surface area (Å²) in [4.78, 5) is 21.2. The largest absolute Gasteiger partial charge is 0.396 e. The Balaban J connectivity index is 1.53. The molecule has 24 heavy (non-hydrogen) atoms. The number of piperidine rings is 1. The van der Waals surface area contributed by atoms with Crippen molar-refractivity contribution < 1.29 is 9.90 Å². The van der Waals surface area contributed by atoms with Gasteiger partial charge in [0, 0.05) is 45.1 Å². The number of aliphatic hydroxyl groups excluding tert-OH is 1. The lowest BCUT2D eigenvalue weighted by atomic mass is 9.89. The third-order valence-electron chi connectivity index (χ3n) is 5.30. The van der Waals surface area contributed by atoms with Crippen LogP contribution in [0.5, 0.6) is 0 Å². The van der Waals surface area contributed by atoms with Crippen molar-refractivity contribution in [3.63, 3.8) is 0 Å². The molecule has 5 nitrogen and oxygen atoms in total. The molecule has 1 amide bonds. The SMILES string of the molecule is O=C(CCc1cccnc1)N1C[C@H](CO)C[C@H](CN2CCCC2)C1. The first-order valence-corrected chi connectivity index (χ1v) is 9.24. The van der Waals surface area contributed by atoms with Crippen molar-refractivity contribution in [3.05, 3.63) is 30.1 Å². The highest BCUT2D eigenvalue weighted by Gasteiger charge is 2.30. The fraction of sp³-hybridized carbons (Fsp3) is 0.684. The average molecular weight is 331 g/mol. The third-order valence-corrected chi connectivity index (χ3v) is 5.30. The lowest BCUT2D eigenvalue weighted by Crippen LogP contribution is -2.47. The number of rotatable bonds is 6. The van der Waals surface area contributed by atoms with Crippen LogP contribution in [0, 0.1) is 11.8 Å². The average Bonchev–Trinajstić information content (AvgIpc) is 3.13. The first kappa shape index (κ1) is 17.4. The molecule has 0 spiro atoms. The molecule has 0 saturated carbocycles. The van der Waals surface area contributed by atoms with E-state index in [1.807, 2.05) is 23.2 Å². The Morgan fingerprint density at radius 3 is 2.75 bits per heavy atom. The zero-order chi connectivity index (χ0) is 16.8. The second kappa shape index (κ2) is 8.58. The summed E-state index contributed by atoms with van der Waals surface area (Å²) in [5, 5.41) is 9.62. The first-order valence-electron chi connectivity index (χ1n) is 9.24. The van der Waals surface area contributed by atoms with Crippen molar-refractivity contribution in [3.8, 4) is 0 Å². The molecule has 132 valence electrons. The van der Waals surface area contributed by atoms with E-state index >= 15 is 0 Å². The molecule has 2 aliphatic heterocycles. The highest BCUT2D eigenvalue weighted by atomic mass is 16.3. The second-order valence-corrected chi connectivity index (χ2v) is 7.32. The van der Waals surface area contributed by atoms with Crippen molar-refractivity contribution in [2.45, 2.75) is 32.1 Å². The van der Waals surface area contributed by atoms with E-state index in [1.165, 1.54) is 25.9 Å². The minimum absolute atomic E-state index is 0.183. The number of carbonyl (C=O) groups excluding carboxylic acids is 1. The number of carbonyl (C=O) groups is 1. The van der Waals surface area contributed by atoms with E-state index < -0.39 is 0 Å². The highest BCUT2D eigenvalue weighted by molar-refractivity contribution is 5.76. The molecule has 1 N–H and O–H groups in total. The Morgan fingerprint density at radius 2 is 2.04 bits per heavy atom. The lowest BCUT2D eigenvalue weighted by Gasteiger charge is -2.38. The van der Waals surface area contributed by atoms with Crippen molar-refractivity contribution in [1.29, 1.82) is 0 Å². The molecule has 0 unspecified atom stereocenters. The van der Waals surface area contributed by atoms with Gasteiger partial charge in [0.25, 0.3) is 0 Å². The topological polar surface area (TPSA) is 56.7 Å². The number of nitrogens with zero attached hydrogens (tertiary/aromatic N) is 3. The Morgan fingerprint density at radius 1 is 1.25 bits per heavy atom. The van der Waals surface area contributed by atoms with Gasteiger partial charge in [0.15, 0.2) is 0 Å². The van der Waals surface area contributed by atoms with Gasteiger partial charge in [-0.25, -0.2) is 0 Å². The lowest BCUT2D eigenvalue weighted by molar-refractivity contribution is -0.134. The molecule has 2 aliphatic rings. The van der Waals surface area contributed by atoms with Crippen molar-refractivity contribution in [2.24, 2.45) is 11.8 Å². The maximum atomic E-state index is 12.6. The number of aromatic nitrogens is 1. The molecule has 0 aromatic carbocycles. The van der Waals surface area contributed by atoms with E-state index in [4.69, 9.17) is 0 Å². The van der Waals surface area contributed by atoms with Crippen LogP contribution in [-0.2, 0) is 11.2 Å². The van der Waals surface area contributed by atoms with Crippen LogP contribution < -0.4 is 0 Å². The predicted molar refractivity (Wildman–Crippen MR) is 93.5 cm³/mol. The molecule has 3 heterocycles. The standard InChI is InChI=1S/C19H29N3O2/c23-15-18-10-17(12-21-8-1-2-9-21)13-22(14-18)19(24)6-5-16-4-3-7-20-11-16/h3-4,7,11,17-18,23H,1-2,5-6,8-10,12-15H2/t17-,18-/m1/s1. The van der Waals surface area contributed by atoms with Gasteiger partial charge in [-0.1, -0.05) is 6.07 Å². The number of hydrogen-bond donors (Lipinski definition) is 1. The zero-order valence-electron chi connectivity index (χ0n) is 14.4. The molecular formula is C19H29N3O2. The monoisotopic (exact) mass is 331 g/mol. The van der Waals surface area contributed by atoms with Gasteiger partial charge in [-0.05, 0) is 62.2 Å². The number of aryl methyl sites for hydroxylation is 1. The van der Waals surface area contributed by atoms with Gasteiger partial charge in [0.2, 0.25) is 5.91 Å². The smallest absolute Gasteiger partial charge is 0.222 e. The van der Waals surface area contributed by atoms with Gasteiger partial charge in [0.05, 0.1) is 0 Å². The van der Waals surface area contributed by atoms with E-state index in [0.29, 0.717) is 18.9 Å². The van der Waals surface area contributed by atoms with Crippen LogP contribution in [-0.4, -0.2) is 65.1 Å². The van der Waals surface area contributed by atoms with Crippen LogP contribution in [0.25, 0.3) is 0 Å². The molecule has 0 aliphatic carbocycles. The van der Waals surface area contributed by atoms with Crippen LogP contribution in [0.2, 0.25) is 0 Å². The van der Waals surface area contributed by atoms with Crippen LogP contribution >= 0.6 is 0 Å². The maximum Gasteiger partial charge on any atom is 0.222 e. The second-order valence-electron chi connectivity index (χ2n) is 7.32. The summed E-state index contributed by atoms with van der Waals surface area (Å²) in [5.74, 6) is 0.938. The highest BCUT2D eigenvalue weighted by Crippen LogP contribution is 2.24. The molecule has 0 radical (unpaired) electrons. The Bertz CT molecular complexity index is 517. The predicted octanol–water partition coefficient (Wildman–Crippen LogP) is 1.57.